The van der Waals surface area contributed by atoms with Crippen LogP contribution in [0.25, 0.3) is 10.9 Å². The summed E-state index contributed by atoms with van der Waals surface area (Å²) in [6.07, 6.45) is 2.87. The summed E-state index contributed by atoms with van der Waals surface area (Å²) in [6.45, 7) is 3.99. The number of nitrogens with one attached hydrogen (secondary N) is 1. The molecule has 1 fully saturated rings. The van der Waals surface area contributed by atoms with Gasteiger partial charge in [0.25, 0.3) is 0 Å². The lowest BCUT2D eigenvalue weighted by Crippen LogP contribution is -2.34. The van der Waals surface area contributed by atoms with Crippen LogP contribution in [0.2, 0.25) is 5.02 Å². The summed E-state index contributed by atoms with van der Waals surface area (Å²) in [4.78, 5) is 6.82. The summed E-state index contributed by atoms with van der Waals surface area (Å²) < 4.78 is 0. The Labute approximate surface area is 129 Å². The molecule has 0 amide bonds. The van der Waals surface area contributed by atoms with Gasteiger partial charge in [-0.25, -0.2) is 0 Å². The highest BCUT2D eigenvalue weighted by Crippen LogP contribution is 2.31. The number of hydrogen-bond acceptors (Lipinski definition) is 4. The lowest BCUT2D eigenvalue weighted by molar-refractivity contribution is 0.130. The van der Waals surface area contributed by atoms with Gasteiger partial charge in [0, 0.05) is 36.2 Å². The van der Waals surface area contributed by atoms with Crippen molar-refractivity contribution in [3.63, 3.8) is 0 Å². The Bertz CT molecular complexity index is 611. The molecule has 2 heterocycles. The second-order valence-electron chi connectivity index (χ2n) is 5.37. The van der Waals surface area contributed by atoms with Crippen LogP contribution < -0.4 is 5.32 Å². The Morgan fingerprint density at radius 2 is 2.19 bits per heavy atom. The van der Waals surface area contributed by atoms with Gasteiger partial charge in [0.15, 0.2) is 0 Å². The summed E-state index contributed by atoms with van der Waals surface area (Å²) in [5.41, 5.74) is 1.95. The van der Waals surface area contributed by atoms with Gasteiger partial charge in [-0.05, 0) is 36.7 Å². The van der Waals surface area contributed by atoms with Crippen LogP contribution in [0.5, 0.6) is 0 Å². The first kappa shape index (κ1) is 14.7. The average molecular weight is 306 g/mol. The molecular formula is C16H20ClN3O. The van der Waals surface area contributed by atoms with Gasteiger partial charge in [0.2, 0.25) is 0 Å². The molecule has 3 rings (SSSR count). The molecule has 1 unspecified atom stereocenters. The first-order valence-electron chi connectivity index (χ1n) is 7.40. The molecule has 1 aromatic carbocycles. The number of nitrogens with zero attached hydrogens (tertiary/aromatic N) is 2. The molecule has 0 radical (unpaired) electrons. The second kappa shape index (κ2) is 6.71. The molecule has 0 spiro atoms. The van der Waals surface area contributed by atoms with Gasteiger partial charge in [-0.2, -0.15) is 0 Å². The number of pyridine rings is 1. The number of fused-ring (bicyclic) bond motifs is 1. The number of halogens is 1. The van der Waals surface area contributed by atoms with Crippen LogP contribution in [0, 0.1) is 0 Å². The number of aliphatic hydroxyl groups excluding tert-OH is 1. The quantitative estimate of drug-likeness (QED) is 0.913. The first-order chi connectivity index (χ1) is 10.3. The van der Waals surface area contributed by atoms with Crippen LogP contribution in [0.3, 0.4) is 0 Å². The van der Waals surface area contributed by atoms with E-state index in [1.807, 2.05) is 24.3 Å². The summed E-state index contributed by atoms with van der Waals surface area (Å²) in [5.74, 6) is 0. The Kier molecular flexibility index (Phi) is 4.70. The predicted molar refractivity (Wildman–Crippen MR) is 85.6 cm³/mol. The Hall–Kier alpha value is -1.20. The van der Waals surface area contributed by atoms with Gasteiger partial charge in [-0.1, -0.05) is 17.7 Å². The molecule has 1 aromatic heterocycles. The highest BCUT2D eigenvalue weighted by atomic mass is 35.5. The lowest BCUT2D eigenvalue weighted by atomic mass is 10.0. The van der Waals surface area contributed by atoms with Gasteiger partial charge in [-0.15, -0.1) is 0 Å². The zero-order valence-electron chi connectivity index (χ0n) is 11.9. The van der Waals surface area contributed by atoms with E-state index in [1.54, 1.807) is 6.20 Å². The molecule has 1 atom stereocenters. The molecule has 4 nitrogen and oxygen atoms in total. The van der Waals surface area contributed by atoms with Crippen LogP contribution in [-0.2, 0) is 0 Å². The number of rotatable bonds is 3. The predicted octanol–water partition coefficient (Wildman–Crippen LogP) is 2.22. The van der Waals surface area contributed by atoms with Crippen molar-refractivity contribution in [1.82, 2.24) is 15.2 Å². The van der Waals surface area contributed by atoms with Crippen molar-refractivity contribution in [2.75, 3.05) is 32.8 Å². The van der Waals surface area contributed by atoms with Crippen LogP contribution in [0.15, 0.2) is 30.5 Å². The van der Waals surface area contributed by atoms with Gasteiger partial charge in [0.05, 0.1) is 18.2 Å². The molecule has 0 saturated carbocycles. The van der Waals surface area contributed by atoms with Crippen molar-refractivity contribution < 1.29 is 5.11 Å². The molecule has 2 N–H and O–H groups in total. The fourth-order valence-electron chi connectivity index (χ4n) is 3.02. The highest BCUT2D eigenvalue weighted by molar-refractivity contribution is 6.35. The van der Waals surface area contributed by atoms with E-state index in [0.29, 0.717) is 5.02 Å². The van der Waals surface area contributed by atoms with E-state index in [0.717, 1.165) is 49.1 Å². The molecule has 5 heteroatoms. The molecule has 21 heavy (non-hydrogen) atoms. The lowest BCUT2D eigenvalue weighted by Gasteiger charge is -2.29. The maximum absolute atomic E-state index is 9.93. The van der Waals surface area contributed by atoms with E-state index >= 15 is 0 Å². The fourth-order valence-corrected chi connectivity index (χ4v) is 3.23. The van der Waals surface area contributed by atoms with E-state index < -0.39 is 0 Å². The number of aromatic nitrogens is 1. The van der Waals surface area contributed by atoms with Crippen LogP contribution in [0.1, 0.15) is 18.0 Å². The van der Waals surface area contributed by atoms with E-state index in [4.69, 9.17) is 11.6 Å². The Morgan fingerprint density at radius 1 is 1.29 bits per heavy atom. The number of aliphatic hydroxyl groups is 1. The number of benzene rings is 1. The summed E-state index contributed by atoms with van der Waals surface area (Å²) in [5, 5.41) is 15.0. The zero-order valence-corrected chi connectivity index (χ0v) is 12.7. The van der Waals surface area contributed by atoms with Gasteiger partial charge in [0.1, 0.15) is 0 Å². The van der Waals surface area contributed by atoms with Crippen molar-refractivity contribution >= 4 is 22.5 Å². The van der Waals surface area contributed by atoms with Crippen molar-refractivity contribution in [3.05, 3.63) is 41.0 Å². The number of hydrogen-bond donors (Lipinski definition) is 2. The summed E-state index contributed by atoms with van der Waals surface area (Å²) in [7, 11) is 0. The maximum Gasteiger partial charge on any atom is 0.0765 e. The Morgan fingerprint density at radius 3 is 3.05 bits per heavy atom. The molecular weight excluding hydrogens is 286 g/mol. The average Bonchev–Trinajstić information content (AvgIpc) is 2.80. The summed E-state index contributed by atoms with van der Waals surface area (Å²) >= 11 is 6.26. The molecule has 1 saturated heterocycles. The zero-order chi connectivity index (χ0) is 14.7. The minimum atomic E-state index is -0.0282. The Balaban J connectivity index is 2.02. The van der Waals surface area contributed by atoms with Gasteiger partial charge < -0.3 is 10.4 Å². The molecule has 0 aliphatic carbocycles. The monoisotopic (exact) mass is 305 g/mol. The highest BCUT2D eigenvalue weighted by Gasteiger charge is 2.23. The summed E-state index contributed by atoms with van der Waals surface area (Å²) in [6, 6.07) is 7.74. The third-order valence-electron chi connectivity index (χ3n) is 4.10. The minimum Gasteiger partial charge on any atom is -0.394 e. The molecule has 2 aromatic rings. The van der Waals surface area contributed by atoms with Crippen molar-refractivity contribution in [2.45, 2.75) is 12.5 Å². The van der Waals surface area contributed by atoms with Gasteiger partial charge >= 0.3 is 0 Å². The topological polar surface area (TPSA) is 48.4 Å². The van der Waals surface area contributed by atoms with E-state index in [2.05, 4.69) is 15.2 Å². The largest absolute Gasteiger partial charge is 0.394 e. The van der Waals surface area contributed by atoms with Crippen molar-refractivity contribution in [3.8, 4) is 0 Å². The SMILES string of the molecule is OCC(c1ccc(Cl)c2cccnc12)N1CCCNCC1. The van der Waals surface area contributed by atoms with E-state index in [1.165, 1.54) is 0 Å². The second-order valence-corrected chi connectivity index (χ2v) is 5.78. The van der Waals surface area contributed by atoms with Crippen LogP contribution >= 0.6 is 11.6 Å². The standard InChI is InChI=1S/C16H20ClN3O/c17-14-5-4-13(16-12(14)3-1-7-19-16)15(11-21)20-9-2-6-18-8-10-20/h1,3-5,7,15,18,21H,2,6,8-11H2. The third-order valence-corrected chi connectivity index (χ3v) is 4.42. The maximum atomic E-state index is 9.93. The van der Waals surface area contributed by atoms with E-state index in [-0.39, 0.29) is 12.6 Å². The fraction of sp³-hybridized carbons (Fsp3) is 0.438. The van der Waals surface area contributed by atoms with Crippen molar-refractivity contribution in [1.29, 1.82) is 0 Å². The molecule has 1 aliphatic rings. The smallest absolute Gasteiger partial charge is 0.0765 e. The van der Waals surface area contributed by atoms with Crippen LogP contribution in [-0.4, -0.2) is 47.8 Å². The van der Waals surface area contributed by atoms with E-state index in [9.17, 15) is 5.11 Å². The van der Waals surface area contributed by atoms with Crippen LogP contribution in [0.4, 0.5) is 0 Å². The minimum absolute atomic E-state index is 0.0282. The van der Waals surface area contributed by atoms with Crippen molar-refractivity contribution in [2.24, 2.45) is 0 Å². The third kappa shape index (κ3) is 3.04. The first-order valence-corrected chi connectivity index (χ1v) is 7.78. The normalized spacial score (nSPS) is 18.6. The molecule has 1 aliphatic heterocycles. The van der Waals surface area contributed by atoms with Gasteiger partial charge in [-0.3, -0.25) is 9.88 Å². The molecule has 112 valence electrons. The molecule has 0 bridgehead atoms.